The lowest BCUT2D eigenvalue weighted by atomic mass is 9.97. The Hall–Kier alpha value is -1.06. The summed E-state index contributed by atoms with van der Waals surface area (Å²) in [6.07, 6.45) is 5.14. The van der Waals surface area contributed by atoms with Crippen LogP contribution >= 0.6 is 0 Å². The van der Waals surface area contributed by atoms with Crippen molar-refractivity contribution >= 4 is 0 Å². The van der Waals surface area contributed by atoms with Gasteiger partial charge in [0, 0.05) is 12.6 Å². The predicted octanol–water partition coefficient (Wildman–Crippen LogP) is 3.31. The quantitative estimate of drug-likeness (QED) is 0.854. The third kappa shape index (κ3) is 4.22. The first-order valence-electron chi connectivity index (χ1n) is 7.35. The summed E-state index contributed by atoms with van der Waals surface area (Å²) in [6.45, 7) is 3.64. The zero-order chi connectivity index (χ0) is 13.5. The molecule has 19 heavy (non-hydrogen) atoms. The molecule has 0 aliphatic carbocycles. The van der Waals surface area contributed by atoms with E-state index < -0.39 is 0 Å². The van der Waals surface area contributed by atoms with E-state index in [9.17, 15) is 0 Å². The van der Waals surface area contributed by atoms with Gasteiger partial charge in [0.15, 0.2) is 0 Å². The van der Waals surface area contributed by atoms with Gasteiger partial charge in [0.05, 0.1) is 12.7 Å². The third-order valence-electron chi connectivity index (χ3n) is 3.71. The van der Waals surface area contributed by atoms with E-state index >= 15 is 0 Å². The summed E-state index contributed by atoms with van der Waals surface area (Å²) >= 11 is 0. The van der Waals surface area contributed by atoms with Crippen LogP contribution < -0.4 is 10.1 Å². The molecule has 0 amide bonds. The summed E-state index contributed by atoms with van der Waals surface area (Å²) in [7, 11) is 2.02. The molecule has 1 aromatic rings. The largest absolute Gasteiger partial charge is 0.494 e. The number of nitrogens with one attached hydrogen (secondary N) is 1. The normalized spacial score (nSPS) is 21.1. The number of benzene rings is 1. The van der Waals surface area contributed by atoms with Crippen LogP contribution in [-0.4, -0.2) is 26.4 Å². The van der Waals surface area contributed by atoms with E-state index in [4.69, 9.17) is 9.47 Å². The van der Waals surface area contributed by atoms with Crippen LogP contribution in [0.15, 0.2) is 24.3 Å². The Morgan fingerprint density at radius 2 is 2.11 bits per heavy atom. The molecule has 1 aromatic carbocycles. The Labute approximate surface area is 116 Å². The Morgan fingerprint density at radius 3 is 2.68 bits per heavy atom. The Bertz CT molecular complexity index is 358. The summed E-state index contributed by atoms with van der Waals surface area (Å²) in [5, 5.41) is 3.40. The van der Waals surface area contributed by atoms with E-state index in [1.54, 1.807) is 0 Å². The first-order valence-corrected chi connectivity index (χ1v) is 7.35. The van der Waals surface area contributed by atoms with Crippen molar-refractivity contribution in [1.82, 2.24) is 5.32 Å². The second kappa shape index (κ2) is 7.51. The molecule has 1 fully saturated rings. The van der Waals surface area contributed by atoms with Gasteiger partial charge in [-0.3, -0.25) is 0 Å². The van der Waals surface area contributed by atoms with Gasteiger partial charge in [-0.25, -0.2) is 0 Å². The second-order valence-corrected chi connectivity index (χ2v) is 5.07. The molecule has 0 spiro atoms. The lowest BCUT2D eigenvalue weighted by Crippen LogP contribution is -2.26. The lowest BCUT2D eigenvalue weighted by Gasteiger charge is -2.27. The van der Waals surface area contributed by atoms with E-state index in [2.05, 4.69) is 17.4 Å². The van der Waals surface area contributed by atoms with E-state index in [-0.39, 0.29) is 0 Å². The van der Waals surface area contributed by atoms with Crippen LogP contribution in [0.5, 0.6) is 5.75 Å². The van der Waals surface area contributed by atoms with Crippen molar-refractivity contribution in [3.8, 4) is 5.75 Å². The highest BCUT2D eigenvalue weighted by Crippen LogP contribution is 2.26. The van der Waals surface area contributed by atoms with Crippen LogP contribution in [0, 0.1) is 0 Å². The molecule has 1 N–H and O–H groups in total. The second-order valence-electron chi connectivity index (χ2n) is 5.07. The van der Waals surface area contributed by atoms with Crippen LogP contribution in [0.2, 0.25) is 0 Å². The molecule has 1 aliphatic heterocycles. The number of ether oxygens (including phenoxy) is 2. The molecule has 0 saturated carbocycles. The average Bonchev–Trinajstić information content (AvgIpc) is 2.47. The fraction of sp³-hybridized carbons (Fsp3) is 0.625. The molecule has 1 heterocycles. The predicted molar refractivity (Wildman–Crippen MR) is 77.6 cm³/mol. The van der Waals surface area contributed by atoms with E-state index in [1.807, 2.05) is 26.1 Å². The minimum Gasteiger partial charge on any atom is -0.494 e. The van der Waals surface area contributed by atoms with Gasteiger partial charge in [0.1, 0.15) is 5.75 Å². The maximum absolute atomic E-state index is 5.83. The first kappa shape index (κ1) is 14.4. The minimum absolute atomic E-state index is 0.360. The zero-order valence-electron chi connectivity index (χ0n) is 12.0. The molecular weight excluding hydrogens is 238 g/mol. The molecular formula is C16H25NO2. The van der Waals surface area contributed by atoms with Crippen LogP contribution in [0.1, 0.15) is 44.2 Å². The van der Waals surface area contributed by atoms with Gasteiger partial charge in [-0.15, -0.1) is 0 Å². The molecule has 2 atom stereocenters. The van der Waals surface area contributed by atoms with E-state index in [1.165, 1.54) is 24.8 Å². The summed E-state index contributed by atoms with van der Waals surface area (Å²) < 4.78 is 11.3. The van der Waals surface area contributed by atoms with Gasteiger partial charge < -0.3 is 14.8 Å². The highest BCUT2D eigenvalue weighted by Gasteiger charge is 2.19. The average molecular weight is 263 g/mol. The van der Waals surface area contributed by atoms with Gasteiger partial charge in [-0.2, -0.15) is 0 Å². The maximum atomic E-state index is 5.83. The number of rotatable bonds is 6. The highest BCUT2D eigenvalue weighted by atomic mass is 16.5. The Kier molecular flexibility index (Phi) is 5.67. The minimum atomic E-state index is 0.360. The topological polar surface area (TPSA) is 30.5 Å². The molecule has 0 radical (unpaired) electrons. The molecule has 0 bridgehead atoms. The van der Waals surface area contributed by atoms with Crippen LogP contribution in [0.3, 0.4) is 0 Å². The fourth-order valence-electron chi connectivity index (χ4n) is 2.64. The van der Waals surface area contributed by atoms with Crippen molar-refractivity contribution in [1.29, 1.82) is 0 Å². The monoisotopic (exact) mass is 263 g/mol. The summed E-state index contributed by atoms with van der Waals surface area (Å²) in [6, 6.07) is 8.75. The maximum Gasteiger partial charge on any atom is 0.119 e. The van der Waals surface area contributed by atoms with Gasteiger partial charge in [0.25, 0.3) is 0 Å². The van der Waals surface area contributed by atoms with Gasteiger partial charge >= 0.3 is 0 Å². The fourth-order valence-corrected chi connectivity index (χ4v) is 2.64. The molecule has 2 rings (SSSR count). The third-order valence-corrected chi connectivity index (χ3v) is 3.71. The standard InChI is InChI=1S/C16H25NO2/c1-3-18-14-9-7-13(8-10-14)16(17-2)12-15-6-4-5-11-19-15/h7-10,15-17H,3-6,11-12H2,1-2H3. The molecule has 0 aromatic heterocycles. The van der Waals surface area contributed by atoms with Gasteiger partial charge in [0.2, 0.25) is 0 Å². The Morgan fingerprint density at radius 1 is 1.32 bits per heavy atom. The molecule has 1 saturated heterocycles. The van der Waals surface area contributed by atoms with Crippen molar-refractivity contribution in [3.05, 3.63) is 29.8 Å². The molecule has 3 heteroatoms. The highest BCUT2D eigenvalue weighted by molar-refractivity contribution is 5.29. The lowest BCUT2D eigenvalue weighted by molar-refractivity contribution is 0.00548. The van der Waals surface area contributed by atoms with Crippen molar-refractivity contribution in [2.75, 3.05) is 20.3 Å². The summed E-state index contributed by atoms with van der Waals surface area (Å²) in [4.78, 5) is 0. The number of hydrogen-bond acceptors (Lipinski definition) is 3. The molecule has 3 nitrogen and oxygen atoms in total. The van der Waals surface area contributed by atoms with Crippen molar-refractivity contribution in [2.24, 2.45) is 0 Å². The van der Waals surface area contributed by atoms with E-state index in [0.717, 1.165) is 18.8 Å². The summed E-state index contributed by atoms with van der Waals surface area (Å²) in [5.74, 6) is 0.940. The molecule has 1 aliphatic rings. The van der Waals surface area contributed by atoms with Crippen molar-refractivity contribution < 1.29 is 9.47 Å². The SMILES string of the molecule is CCOc1ccc(C(CC2CCCCO2)NC)cc1. The van der Waals surface area contributed by atoms with Crippen LogP contribution in [0.4, 0.5) is 0 Å². The van der Waals surface area contributed by atoms with Crippen LogP contribution in [0.25, 0.3) is 0 Å². The Balaban J connectivity index is 1.95. The molecule has 106 valence electrons. The van der Waals surface area contributed by atoms with Crippen molar-refractivity contribution in [2.45, 2.75) is 44.8 Å². The number of hydrogen-bond donors (Lipinski definition) is 1. The van der Waals surface area contributed by atoms with Crippen LogP contribution in [-0.2, 0) is 4.74 Å². The van der Waals surface area contributed by atoms with Crippen molar-refractivity contribution in [3.63, 3.8) is 0 Å². The van der Waals surface area contributed by atoms with Gasteiger partial charge in [-0.1, -0.05) is 12.1 Å². The smallest absolute Gasteiger partial charge is 0.119 e. The van der Waals surface area contributed by atoms with Gasteiger partial charge in [-0.05, 0) is 57.4 Å². The summed E-state index contributed by atoms with van der Waals surface area (Å²) in [5.41, 5.74) is 1.31. The molecule has 2 unspecified atom stereocenters. The van der Waals surface area contributed by atoms with E-state index in [0.29, 0.717) is 18.8 Å². The zero-order valence-corrected chi connectivity index (χ0v) is 12.0. The first-order chi connectivity index (χ1) is 9.33.